The summed E-state index contributed by atoms with van der Waals surface area (Å²) in [5, 5.41) is 10.9. The van der Waals surface area contributed by atoms with Gasteiger partial charge < -0.3 is 23.9 Å². The lowest BCUT2D eigenvalue weighted by Crippen LogP contribution is -2.49. The van der Waals surface area contributed by atoms with E-state index >= 15 is 0 Å². The number of aliphatic hydroxyl groups excluding tert-OH is 1. The molecule has 37 heavy (non-hydrogen) atoms. The van der Waals surface area contributed by atoms with Crippen LogP contribution in [0.2, 0.25) is 0 Å². The van der Waals surface area contributed by atoms with Crippen LogP contribution >= 0.6 is 0 Å². The molecule has 1 saturated heterocycles. The van der Waals surface area contributed by atoms with Gasteiger partial charge in [-0.2, -0.15) is 0 Å². The number of piperazine rings is 1. The maximum Gasteiger partial charge on any atom is 0.235 e. The highest BCUT2D eigenvalue weighted by Crippen LogP contribution is 2.25. The van der Waals surface area contributed by atoms with Crippen molar-refractivity contribution in [1.82, 2.24) is 4.90 Å². The van der Waals surface area contributed by atoms with Crippen LogP contribution in [0.3, 0.4) is 0 Å². The van der Waals surface area contributed by atoms with Crippen molar-refractivity contribution in [3.05, 3.63) is 94.6 Å². The monoisotopic (exact) mass is 504 g/mol. The van der Waals surface area contributed by atoms with Crippen LogP contribution in [0.25, 0.3) is 11.0 Å². The number of β-amino-alcohol motifs (C(OH)–C–C–N with tert-alkyl or cyclic N) is 1. The molecule has 7 nitrogen and oxygen atoms in total. The van der Waals surface area contributed by atoms with E-state index < -0.39 is 6.10 Å². The molecule has 5 rings (SSSR count). The van der Waals surface area contributed by atoms with Crippen molar-refractivity contribution >= 4 is 16.7 Å². The molecule has 1 N–H and O–H groups in total. The van der Waals surface area contributed by atoms with E-state index in [0.29, 0.717) is 29.0 Å². The number of ether oxygens (including phenoxy) is 2. The molecule has 3 aromatic carbocycles. The van der Waals surface area contributed by atoms with Gasteiger partial charge in [-0.25, -0.2) is 4.39 Å². The number of hydrogen-bond donors (Lipinski definition) is 1. The van der Waals surface area contributed by atoms with Crippen LogP contribution in [0.1, 0.15) is 5.56 Å². The van der Waals surface area contributed by atoms with Gasteiger partial charge >= 0.3 is 0 Å². The number of rotatable bonds is 8. The Balaban J connectivity index is 1.14. The Labute approximate surface area is 214 Å². The number of benzene rings is 3. The third-order valence-electron chi connectivity index (χ3n) is 6.41. The maximum absolute atomic E-state index is 13.2. The molecule has 1 fully saturated rings. The van der Waals surface area contributed by atoms with E-state index in [-0.39, 0.29) is 23.6 Å². The Bertz CT molecular complexity index is 1410. The summed E-state index contributed by atoms with van der Waals surface area (Å²) in [7, 11) is 0. The fraction of sp³-hybridized carbons (Fsp3) is 0.276. The van der Waals surface area contributed by atoms with Crippen LogP contribution in [-0.2, 0) is 0 Å². The molecule has 0 spiro atoms. The van der Waals surface area contributed by atoms with E-state index in [1.165, 1.54) is 18.4 Å². The average Bonchev–Trinajstić information content (AvgIpc) is 2.90. The molecule has 0 unspecified atom stereocenters. The number of anilines is 1. The largest absolute Gasteiger partial charge is 0.491 e. The van der Waals surface area contributed by atoms with Crippen LogP contribution in [0, 0.1) is 12.7 Å². The van der Waals surface area contributed by atoms with Crippen molar-refractivity contribution in [2.75, 3.05) is 44.2 Å². The molecule has 1 aliphatic heterocycles. The predicted molar refractivity (Wildman–Crippen MR) is 140 cm³/mol. The molecule has 1 atom stereocenters. The molecular weight excluding hydrogens is 475 g/mol. The molecule has 192 valence electrons. The van der Waals surface area contributed by atoms with Gasteiger partial charge in [0.1, 0.15) is 41.9 Å². The van der Waals surface area contributed by atoms with Crippen LogP contribution in [0.15, 0.2) is 82.2 Å². The minimum absolute atomic E-state index is 0.113. The summed E-state index contributed by atoms with van der Waals surface area (Å²) in [4.78, 5) is 17.2. The molecule has 0 aliphatic carbocycles. The van der Waals surface area contributed by atoms with Gasteiger partial charge in [-0.05, 0) is 61.0 Å². The Morgan fingerprint density at radius 2 is 1.78 bits per heavy atom. The maximum atomic E-state index is 13.2. The number of aliphatic hydroxyl groups is 1. The second kappa shape index (κ2) is 11.0. The van der Waals surface area contributed by atoms with Crippen molar-refractivity contribution in [3.63, 3.8) is 0 Å². The summed E-state index contributed by atoms with van der Waals surface area (Å²) in [5.41, 5.74) is 2.14. The molecule has 0 bridgehead atoms. The summed E-state index contributed by atoms with van der Waals surface area (Å²) < 4.78 is 30.3. The van der Waals surface area contributed by atoms with Crippen LogP contribution in [0.4, 0.5) is 10.1 Å². The molecule has 1 aromatic heterocycles. The van der Waals surface area contributed by atoms with E-state index in [2.05, 4.69) is 9.80 Å². The second-order valence-electron chi connectivity index (χ2n) is 9.23. The predicted octanol–water partition coefficient (Wildman–Crippen LogP) is 4.59. The van der Waals surface area contributed by atoms with E-state index in [0.717, 1.165) is 37.4 Å². The molecule has 8 heteroatoms. The van der Waals surface area contributed by atoms with E-state index in [1.54, 1.807) is 36.4 Å². The van der Waals surface area contributed by atoms with Gasteiger partial charge in [0.2, 0.25) is 11.2 Å². The molecule has 0 radical (unpaired) electrons. The van der Waals surface area contributed by atoms with Gasteiger partial charge in [0, 0.05) is 44.5 Å². The van der Waals surface area contributed by atoms with E-state index in [1.807, 2.05) is 25.1 Å². The van der Waals surface area contributed by atoms with Crippen molar-refractivity contribution in [3.8, 4) is 17.2 Å². The molecular formula is C29H29FN2O5. The molecule has 0 amide bonds. The standard InChI is InChI=1S/C29H29FN2O5/c1-20-3-2-4-25(15-20)37-28-19-36-27-16-24(9-10-26(27)29(28)34)35-18-23(33)17-31-11-13-32(14-12-31)22-7-5-21(30)6-8-22/h2-10,15-16,19,23,33H,11-14,17-18H2,1H3/t23-/m1/s1. The quantitative estimate of drug-likeness (QED) is 0.376. The number of aryl methyl sites for hydroxylation is 1. The summed E-state index contributed by atoms with van der Waals surface area (Å²) >= 11 is 0. The zero-order valence-corrected chi connectivity index (χ0v) is 20.6. The summed E-state index contributed by atoms with van der Waals surface area (Å²) in [6.07, 6.45) is 0.627. The Kier molecular flexibility index (Phi) is 7.39. The topological polar surface area (TPSA) is 75.4 Å². The first-order chi connectivity index (χ1) is 17.9. The molecule has 0 saturated carbocycles. The lowest BCUT2D eigenvalue weighted by Gasteiger charge is -2.36. The van der Waals surface area contributed by atoms with Crippen molar-refractivity contribution in [1.29, 1.82) is 0 Å². The van der Waals surface area contributed by atoms with Crippen molar-refractivity contribution in [2.45, 2.75) is 13.0 Å². The molecule has 1 aliphatic rings. The Hall–Kier alpha value is -3.88. The highest BCUT2D eigenvalue weighted by Gasteiger charge is 2.20. The first-order valence-electron chi connectivity index (χ1n) is 12.3. The third-order valence-corrected chi connectivity index (χ3v) is 6.41. The smallest absolute Gasteiger partial charge is 0.235 e. The van der Waals surface area contributed by atoms with Gasteiger partial charge in [-0.3, -0.25) is 9.69 Å². The second-order valence-corrected chi connectivity index (χ2v) is 9.23. The number of hydrogen-bond acceptors (Lipinski definition) is 7. The summed E-state index contributed by atoms with van der Waals surface area (Å²) in [5.74, 6) is 0.943. The highest BCUT2D eigenvalue weighted by atomic mass is 19.1. The Morgan fingerprint density at radius 1 is 1.00 bits per heavy atom. The summed E-state index contributed by atoms with van der Waals surface area (Å²) in [6.45, 7) is 5.74. The minimum atomic E-state index is -0.676. The number of halogens is 1. The highest BCUT2D eigenvalue weighted by molar-refractivity contribution is 5.79. The lowest BCUT2D eigenvalue weighted by atomic mass is 10.2. The van der Waals surface area contributed by atoms with E-state index in [9.17, 15) is 14.3 Å². The number of nitrogens with zero attached hydrogens (tertiary/aromatic N) is 2. The molecule has 2 heterocycles. The van der Waals surface area contributed by atoms with E-state index in [4.69, 9.17) is 13.9 Å². The van der Waals surface area contributed by atoms with Gasteiger partial charge in [-0.15, -0.1) is 0 Å². The van der Waals surface area contributed by atoms with Gasteiger partial charge in [0.25, 0.3) is 0 Å². The van der Waals surface area contributed by atoms with Crippen molar-refractivity contribution < 1.29 is 23.4 Å². The fourth-order valence-electron chi connectivity index (χ4n) is 4.44. The van der Waals surface area contributed by atoms with Crippen LogP contribution in [0.5, 0.6) is 17.2 Å². The lowest BCUT2D eigenvalue weighted by molar-refractivity contribution is 0.0663. The average molecular weight is 505 g/mol. The van der Waals surface area contributed by atoms with Crippen LogP contribution in [-0.4, -0.2) is 55.4 Å². The fourth-order valence-corrected chi connectivity index (χ4v) is 4.44. The van der Waals surface area contributed by atoms with Gasteiger partial charge in [-0.1, -0.05) is 12.1 Å². The van der Waals surface area contributed by atoms with Crippen molar-refractivity contribution in [2.24, 2.45) is 0 Å². The normalized spacial score (nSPS) is 15.1. The summed E-state index contributed by atoms with van der Waals surface area (Å²) in [6, 6.07) is 18.9. The third kappa shape index (κ3) is 6.10. The van der Waals surface area contributed by atoms with Gasteiger partial charge in [0.05, 0.1) is 5.39 Å². The van der Waals surface area contributed by atoms with Gasteiger partial charge in [0.15, 0.2) is 0 Å². The Morgan fingerprint density at radius 3 is 2.54 bits per heavy atom. The first-order valence-corrected chi connectivity index (χ1v) is 12.3. The molecule has 4 aromatic rings. The SMILES string of the molecule is Cc1cccc(Oc2coc3cc(OC[C@H](O)CN4CCN(c5ccc(F)cc5)CC4)ccc3c2=O)c1. The first kappa shape index (κ1) is 24.8. The zero-order chi connectivity index (χ0) is 25.8. The minimum Gasteiger partial charge on any atom is -0.491 e. The number of fused-ring (bicyclic) bond motifs is 1. The van der Waals surface area contributed by atoms with Crippen LogP contribution < -0.4 is 19.8 Å². The zero-order valence-electron chi connectivity index (χ0n) is 20.6.